The summed E-state index contributed by atoms with van der Waals surface area (Å²) in [5, 5.41) is 3.80. The van der Waals surface area contributed by atoms with Crippen LogP contribution in [0.5, 0.6) is 5.75 Å². The Morgan fingerprint density at radius 3 is 2.34 bits per heavy atom. The summed E-state index contributed by atoms with van der Waals surface area (Å²) in [6.07, 6.45) is 1.49. The number of hydrogen-bond acceptors (Lipinski definition) is 4. The molecule has 8 heteroatoms. The maximum atomic E-state index is 12.9. The second-order valence-corrected chi connectivity index (χ2v) is 6.89. The van der Waals surface area contributed by atoms with Crippen molar-refractivity contribution >= 4 is 35.2 Å². The molecule has 0 saturated carbocycles. The van der Waals surface area contributed by atoms with Crippen molar-refractivity contribution in [2.24, 2.45) is 0 Å². The number of nitrogens with zero attached hydrogens (tertiary/aromatic N) is 1. The molecule has 1 saturated heterocycles. The Balaban J connectivity index is 1.36. The minimum atomic E-state index is -0.489. The summed E-state index contributed by atoms with van der Waals surface area (Å²) in [4.78, 5) is 36.8. The first-order chi connectivity index (χ1) is 15.5. The van der Waals surface area contributed by atoms with E-state index in [0.29, 0.717) is 22.7 Å². The lowest BCUT2D eigenvalue weighted by Crippen LogP contribution is -2.35. The lowest BCUT2D eigenvalue weighted by Gasteiger charge is -2.13. The van der Waals surface area contributed by atoms with E-state index in [4.69, 9.17) is 4.74 Å². The van der Waals surface area contributed by atoms with Gasteiger partial charge in [-0.15, -0.1) is 0 Å². The number of anilines is 2. The van der Waals surface area contributed by atoms with E-state index in [0.717, 1.165) is 0 Å². The van der Waals surface area contributed by atoms with Gasteiger partial charge in [0.15, 0.2) is 6.61 Å². The van der Waals surface area contributed by atoms with Gasteiger partial charge in [0.1, 0.15) is 17.1 Å². The van der Waals surface area contributed by atoms with Crippen LogP contribution < -0.4 is 20.5 Å². The molecule has 160 valence electrons. The number of hydrazine groups is 1. The van der Waals surface area contributed by atoms with E-state index in [1.807, 2.05) is 6.07 Å². The second kappa shape index (κ2) is 9.13. The van der Waals surface area contributed by atoms with Gasteiger partial charge in [-0.1, -0.05) is 30.3 Å². The van der Waals surface area contributed by atoms with Crippen molar-refractivity contribution in [3.05, 3.63) is 95.8 Å². The first-order valence-electron chi connectivity index (χ1n) is 9.70. The van der Waals surface area contributed by atoms with Crippen LogP contribution in [-0.2, 0) is 14.4 Å². The molecule has 0 spiro atoms. The van der Waals surface area contributed by atoms with Gasteiger partial charge in [-0.2, -0.15) is 0 Å². The van der Waals surface area contributed by atoms with E-state index in [-0.39, 0.29) is 18.0 Å². The number of carbonyl (C=O) groups excluding carboxylic acids is 3. The molecule has 1 heterocycles. The highest BCUT2D eigenvalue weighted by Crippen LogP contribution is 2.22. The first-order valence-corrected chi connectivity index (χ1v) is 9.70. The molecule has 0 atom stereocenters. The summed E-state index contributed by atoms with van der Waals surface area (Å²) in [6, 6.07) is 20.8. The van der Waals surface area contributed by atoms with Crippen molar-refractivity contribution in [1.82, 2.24) is 5.43 Å². The van der Waals surface area contributed by atoms with E-state index in [2.05, 4.69) is 10.7 Å². The number of rotatable bonds is 6. The lowest BCUT2D eigenvalue weighted by atomic mass is 10.1. The van der Waals surface area contributed by atoms with Crippen LogP contribution in [0.4, 0.5) is 15.8 Å². The molecule has 0 bridgehead atoms. The molecule has 0 aliphatic carbocycles. The van der Waals surface area contributed by atoms with Crippen molar-refractivity contribution in [1.29, 1.82) is 0 Å². The topological polar surface area (TPSA) is 87.7 Å². The molecule has 0 aromatic heterocycles. The van der Waals surface area contributed by atoms with Crippen LogP contribution in [-0.4, -0.2) is 24.3 Å². The molecule has 1 fully saturated rings. The Bertz CT molecular complexity index is 1180. The van der Waals surface area contributed by atoms with Crippen molar-refractivity contribution in [3.8, 4) is 5.75 Å². The third kappa shape index (κ3) is 4.81. The van der Waals surface area contributed by atoms with Crippen LogP contribution >= 0.6 is 0 Å². The largest absolute Gasteiger partial charge is 0.484 e. The molecule has 3 aromatic carbocycles. The summed E-state index contributed by atoms with van der Waals surface area (Å²) >= 11 is 0. The lowest BCUT2D eigenvalue weighted by molar-refractivity contribution is -0.118. The SMILES string of the molecule is O=C(COc1ccc(/C=C2/C(=O)NN(c3ccccc3)C2=O)cc1)Nc1ccc(F)cc1. The zero-order chi connectivity index (χ0) is 22.5. The third-order valence-electron chi connectivity index (χ3n) is 4.59. The van der Waals surface area contributed by atoms with E-state index in [1.54, 1.807) is 48.5 Å². The fourth-order valence-corrected chi connectivity index (χ4v) is 3.02. The minimum Gasteiger partial charge on any atom is -0.484 e. The normalized spacial score (nSPS) is 14.4. The van der Waals surface area contributed by atoms with Crippen LogP contribution in [0.25, 0.3) is 6.08 Å². The Labute approximate surface area is 183 Å². The van der Waals surface area contributed by atoms with Crippen LogP contribution in [0.3, 0.4) is 0 Å². The highest BCUT2D eigenvalue weighted by Gasteiger charge is 2.34. The molecular weight excluding hydrogens is 413 g/mol. The van der Waals surface area contributed by atoms with E-state index < -0.39 is 17.7 Å². The minimum absolute atomic E-state index is 0.0150. The molecule has 1 aliphatic rings. The van der Waals surface area contributed by atoms with Gasteiger partial charge in [0, 0.05) is 5.69 Å². The molecule has 3 amide bonds. The molecule has 7 nitrogen and oxygen atoms in total. The standard InChI is InChI=1S/C24H18FN3O4/c25-17-8-10-18(11-9-17)26-22(29)15-32-20-12-6-16(7-13-20)14-21-23(30)27-28(24(21)31)19-4-2-1-3-5-19/h1-14H,15H2,(H,26,29)(H,27,30)/b21-14-. The fraction of sp³-hybridized carbons (Fsp3) is 0.0417. The number of amides is 3. The van der Waals surface area contributed by atoms with Gasteiger partial charge in [-0.3, -0.25) is 19.8 Å². The molecule has 1 aliphatic heterocycles. The summed E-state index contributed by atoms with van der Waals surface area (Å²) in [7, 11) is 0. The highest BCUT2D eigenvalue weighted by atomic mass is 19.1. The summed E-state index contributed by atoms with van der Waals surface area (Å²) < 4.78 is 18.4. The number of halogens is 1. The Kier molecular flexibility index (Phi) is 5.94. The van der Waals surface area contributed by atoms with Crippen molar-refractivity contribution < 1.29 is 23.5 Å². The smallest absolute Gasteiger partial charge is 0.282 e. The van der Waals surface area contributed by atoms with Crippen molar-refractivity contribution in [2.75, 3.05) is 16.9 Å². The Morgan fingerprint density at radius 1 is 0.969 bits per heavy atom. The molecule has 0 unspecified atom stereocenters. The number of ether oxygens (including phenoxy) is 1. The van der Waals surface area contributed by atoms with Crippen LogP contribution in [0.2, 0.25) is 0 Å². The average molecular weight is 431 g/mol. The molecule has 3 aromatic rings. The third-order valence-corrected chi connectivity index (χ3v) is 4.59. The van der Waals surface area contributed by atoms with Crippen molar-refractivity contribution in [3.63, 3.8) is 0 Å². The number of nitrogens with one attached hydrogen (secondary N) is 2. The number of benzene rings is 3. The molecule has 2 N–H and O–H groups in total. The fourth-order valence-electron chi connectivity index (χ4n) is 3.02. The van der Waals surface area contributed by atoms with Gasteiger partial charge < -0.3 is 10.1 Å². The molecule has 32 heavy (non-hydrogen) atoms. The first kappa shape index (κ1) is 20.8. The summed E-state index contributed by atoms with van der Waals surface area (Å²) in [5.41, 5.74) is 4.22. The Morgan fingerprint density at radius 2 is 1.66 bits per heavy atom. The maximum absolute atomic E-state index is 12.9. The number of hydrogen-bond donors (Lipinski definition) is 2. The van der Waals surface area contributed by atoms with E-state index >= 15 is 0 Å². The van der Waals surface area contributed by atoms with Crippen LogP contribution in [0.1, 0.15) is 5.56 Å². The van der Waals surface area contributed by atoms with Gasteiger partial charge in [0.2, 0.25) is 0 Å². The van der Waals surface area contributed by atoms with Gasteiger partial charge in [-0.25, -0.2) is 9.40 Å². The maximum Gasteiger partial charge on any atom is 0.282 e. The monoisotopic (exact) mass is 431 g/mol. The van der Waals surface area contributed by atoms with E-state index in [1.165, 1.54) is 35.4 Å². The summed E-state index contributed by atoms with van der Waals surface area (Å²) in [5.74, 6) is -1.28. The van der Waals surface area contributed by atoms with Gasteiger partial charge in [0.05, 0.1) is 5.69 Å². The zero-order valence-corrected chi connectivity index (χ0v) is 16.7. The van der Waals surface area contributed by atoms with E-state index in [9.17, 15) is 18.8 Å². The highest BCUT2D eigenvalue weighted by molar-refractivity contribution is 6.31. The predicted molar refractivity (Wildman–Crippen MR) is 117 cm³/mol. The second-order valence-electron chi connectivity index (χ2n) is 6.89. The number of para-hydroxylation sites is 1. The average Bonchev–Trinajstić information content (AvgIpc) is 3.09. The Hall–Kier alpha value is -4.46. The van der Waals surface area contributed by atoms with Gasteiger partial charge in [0.25, 0.3) is 17.7 Å². The molecular formula is C24H18FN3O4. The zero-order valence-electron chi connectivity index (χ0n) is 16.7. The number of carbonyl (C=O) groups is 3. The quantitative estimate of drug-likeness (QED) is 0.463. The molecule has 0 radical (unpaired) electrons. The summed E-state index contributed by atoms with van der Waals surface area (Å²) in [6.45, 7) is -0.231. The predicted octanol–water partition coefficient (Wildman–Crippen LogP) is 3.30. The van der Waals surface area contributed by atoms with Crippen molar-refractivity contribution in [2.45, 2.75) is 0 Å². The molecule has 4 rings (SSSR count). The van der Waals surface area contributed by atoms with Crippen LogP contribution in [0, 0.1) is 5.82 Å². The van der Waals surface area contributed by atoms with Gasteiger partial charge >= 0.3 is 0 Å². The van der Waals surface area contributed by atoms with Crippen LogP contribution in [0.15, 0.2) is 84.4 Å². The van der Waals surface area contributed by atoms with Gasteiger partial charge in [-0.05, 0) is 60.2 Å².